The Balaban J connectivity index is 2.42. The maximum Gasteiger partial charge on any atom is 0.337 e. The van der Waals surface area contributed by atoms with Gasteiger partial charge < -0.3 is 15.2 Å². The van der Waals surface area contributed by atoms with E-state index in [0.717, 1.165) is 0 Å². The van der Waals surface area contributed by atoms with Gasteiger partial charge in [-0.2, -0.15) is 0 Å². The first-order valence-corrected chi connectivity index (χ1v) is 3.83. The highest BCUT2D eigenvalue weighted by Crippen LogP contribution is 2.25. The number of aromatic nitrogens is 1. The number of aromatic carboxylic acids is 1. The van der Waals surface area contributed by atoms with Crippen LogP contribution in [0.25, 0.3) is 0 Å². The fraction of sp³-hybridized carbons (Fsp3) is 0.125. The van der Waals surface area contributed by atoms with Crippen molar-refractivity contribution in [3.05, 3.63) is 17.8 Å². The molecule has 14 heavy (non-hydrogen) atoms. The van der Waals surface area contributed by atoms with Crippen LogP contribution in [0.4, 0.5) is 5.69 Å². The zero-order chi connectivity index (χ0) is 10.1. The number of carboxylic acids is 1. The highest BCUT2D eigenvalue weighted by molar-refractivity contribution is 5.97. The SMILES string of the molecule is O=C1COc2ncc(C(=O)O)cc2N1. The van der Waals surface area contributed by atoms with Gasteiger partial charge in [-0.25, -0.2) is 9.78 Å². The van der Waals surface area contributed by atoms with Crippen LogP contribution in [0.2, 0.25) is 0 Å². The van der Waals surface area contributed by atoms with Crippen molar-refractivity contribution in [1.29, 1.82) is 0 Å². The van der Waals surface area contributed by atoms with Crippen molar-refractivity contribution in [3.63, 3.8) is 0 Å². The molecule has 2 N–H and O–H groups in total. The molecule has 0 unspecified atom stereocenters. The molecule has 0 atom stereocenters. The lowest BCUT2D eigenvalue weighted by atomic mass is 10.2. The van der Waals surface area contributed by atoms with Crippen LogP contribution in [-0.2, 0) is 4.79 Å². The first-order valence-electron chi connectivity index (χ1n) is 3.83. The summed E-state index contributed by atoms with van der Waals surface area (Å²) in [5.74, 6) is -1.17. The van der Waals surface area contributed by atoms with Crippen molar-refractivity contribution in [2.24, 2.45) is 0 Å². The maximum atomic E-state index is 10.9. The molecule has 1 aromatic heterocycles. The molecule has 2 heterocycles. The molecule has 0 fully saturated rings. The third kappa shape index (κ3) is 1.37. The van der Waals surface area contributed by atoms with Crippen LogP contribution in [0.3, 0.4) is 0 Å². The monoisotopic (exact) mass is 194 g/mol. The summed E-state index contributed by atoms with van der Waals surface area (Å²) >= 11 is 0. The molecular formula is C8H6N2O4. The first-order chi connectivity index (χ1) is 6.66. The second-order valence-electron chi connectivity index (χ2n) is 2.72. The Bertz CT molecular complexity index is 416. The second kappa shape index (κ2) is 2.99. The summed E-state index contributed by atoms with van der Waals surface area (Å²) in [4.78, 5) is 25.2. The van der Waals surface area contributed by atoms with Gasteiger partial charge in [0.25, 0.3) is 5.91 Å². The molecule has 6 heteroatoms. The van der Waals surface area contributed by atoms with E-state index in [1.165, 1.54) is 12.3 Å². The maximum absolute atomic E-state index is 10.9. The van der Waals surface area contributed by atoms with Gasteiger partial charge in [0.2, 0.25) is 5.88 Å². The number of nitrogens with zero attached hydrogens (tertiary/aromatic N) is 1. The van der Waals surface area contributed by atoms with Crippen molar-refractivity contribution in [2.75, 3.05) is 11.9 Å². The van der Waals surface area contributed by atoms with Gasteiger partial charge >= 0.3 is 5.97 Å². The standard InChI is InChI=1S/C8H6N2O4/c11-6-3-14-7-5(10-6)1-4(2-9-7)8(12)13/h1-2H,3H2,(H,10,11)(H,12,13). The Hall–Kier alpha value is -2.11. The number of hydrogen-bond donors (Lipinski definition) is 2. The number of nitrogens with one attached hydrogen (secondary N) is 1. The lowest BCUT2D eigenvalue weighted by molar-refractivity contribution is -0.118. The summed E-state index contributed by atoms with van der Waals surface area (Å²) in [6, 6.07) is 1.31. The quantitative estimate of drug-likeness (QED) is 0.662. The summed E-state index contributed by atoms with van der Waals surface area (Å²) in [6.07, 6.45) is 1.18. The van der Waals surface area contributed by atoms with E-state index < -0.39 is 5.97 Å². The van der Waals surface area contributed by atoms with Gasteiger partial charge in [-0.05, 0) is 6.07 Å². The number of rotatable bonds is 1. The third-order valence-electron chi connectivity index (χ3n) is 1.71. The first kappa shape index (κ1) is 8.49. The highest BCUT2D eigenvalue weighted by Gasteiger charge is 2.18. The molecule has 1 aliphatic rings. The lowest BCUT2D eigenvalue weighted by Gasteiger charge is -2.16. The van der Waals surface area contributed by atoms with Crippen LogP contribution >= 0.6 is 0 Å². The fourth-order valence-electron chi connectivity index (χ4n) is 1.09. The Labute approximate surface area is 78.5 Å². The zero-order valence-corrected chi connectivity index (χ0v) is 6.98. The van der Waals surface area contributed by atoms with Crippen LogP contribution in [0.1, 0.15) is 10.4 Å². The van der Waals surface area contributed by atoms with E-state index in [-0.39, 0.29) is 24.0 Å². The number of ether oxygens (including phenoxy) is 1. The van der Waals surface area contributed by atoms with Gasteiger partial charge in [-0.3, -0.25) is 4.79 Å². The Morgan fingerprint density at radius 1 is 1.64 bits per heavy atom. The van der Waals surface area contributed by atoms with E-state index in [0.29, 0.717) is 5.69 Å². The van der Waals surface area contributed by atoms with Gasteiger partial charge in [0.05, 0.1) is 5.56 Å². The summed E-state index contributed by atoms with van der Waals surface area (Å²) < 4.78 is 4.95. The normalized spacial score (nSPS) is 13.9. The van der Waals surface area contributed by atoms with Crippen LogP contribution in [0, 0.1) is 0 Å². The smallest absolute Gasteiger partial charge is 0.337 e. The molecule has 1 amide bonds. The van der Waals surface area contributed by atoms with Crippen molar-refractivity contribution in [2.45, 2.75) is 0 Å². The highest BCUT2D eigenvalue weighted by atomic mass is 16.5. The minimum Gasteiger partial charge on any atom is -0.478 e. The van der Waals surface area contributed by atoms with Gasteiger partial charge in [-0.1, -0.05) is 0 Å². The number of fused-ring (bicyclic) bond motifs is 1. The number of amides is 1. The summed E-state index contributed by atoms with van der Waals surface area (Å²) in [5, 5.41) is 11.1. The zero-order valence-electron chi connectivity index (χ0n) is 6.98. The molecular weight excluding hydrogens is 188 g/mol. The van der Waals surface area contributed by atoms with Crippen LogP contribution in [0.15, 0.2) is 12.3 Å². The molecule has 0 aliphatic carbocycles. The molecule has 0 bridgehead atoms. The van der Waals surface area contributed by atoms with Crippen LogP contribution in [0.5, 0.6) is 5.88 Å². The Morgan fingerprint density at radius 2 is 2.43 bits per heavy atom. The minimum absolute atomic E-state index is 0.00884. The van der Waals surface area contributed by atoms with E-state index in [1.54, 1.807) is 0 Å². The lowest BCUT2D eigenvalue weighted by Crippen LogP contribution is -2.26. The molecule has 1 aliphatic heterocycles. The average molecular weight is 194 g/mol. The van der Waals surface area contributed by atoms with Crippen LogP contribution in [-0.4, -0.2) is 28.6 Å². The molecule has 0 radical (unpaired) electrons. The minimum atomic E-state index is -1.10. The number of pyridine rings is 1. The van der Waals surface area contributed by atoms with Gasteiger partial charge in [0.1, 0.15) is 5.69 Å². The molecule has 0 saturated carbocycles. The topological polar surface area (TPSA) is 88.5 Å². The van der Waals surface area contributed by atoms with Crippen molar-refractivity contribution in [3.8, 4) is 5.88 Å². The molecule has 0 saturated heterocycles. The van der Waals surface area contributed by atoms with E-state index >= 15 is 0 Å². The molecule has 0 aromatic carbocycles. The molecule has 1 aromatic rings. The number of carbonyl (C=O) groups excluding carboxylic acids is 1. The van der Waals surface area contributed by atoms with Crippen molar-refractivity contribution < 1.29 is 19.4 Å². The summed E-state index contributed by atoms with van der Waals surface area (Å²) in [7, 11) is 0. The third-order valence-corrected chi connectivity index (χ3v) is 1.71. The number of hydrogen-bond acceptors (Lipinski definition) is 4. The average Bonchev–Trinajstić information content (AvgIpc) is 2.16. The van der Waals surface area contributed by atoms with E-state index in [9.17, 15) is 9.59 Å². The summed E-state index contributed by atoms with van der Waals surface area (Å²) in [5.41, 5.74) is 0.302. The predicted octanol–water partition coefficient (Wildman–Crippen LogP) is 0.111. The largest absolute Gasteiger partial charge is 0.478 e. The van der Waals surface area contributed by atoms with Crippen LogP contribution < -0.4 is 10.1 Å². The van der Waals surface area contributed by atoms with Gasteiger partial charge in [-0.15, -0.1) is 0 Å². The molecule has 0 spiro atoms. The number of anilines is 1. The number of carbonyl (C=O) groups is 2. The van der Waals surface area contributed by atoms with Gasteiger partial charge in [0.15, 0.2) is 6.61 Å². The van der Waals surface area contributed by atoms with E-state index in [2.05, 4.69) is 10.3 Å². The predicted molar refractivity (Wildman–Crippen MR) is 45.3 cm³/mol. The van der Waals surface area contributed by atoms with E-state index in [4.69, 9.17) is 9.84 Å². The van der Waals surface area contributed by atoms with Crippen molar-refractivity contribution >= 4 is 17.6 Å². The molecule has 2 rings (SSSR count). The molecule has 72 valence electrons. The Morgan fingerprint density at radius 3 is 3.14 bits per heavy atom. The second-order valence-corrected chi connectivity index (χ2v) is 2.72. The Kier molecular flexibility index (Phi) is 1.81. The van der Waals surface area contributed by atoms with Gasteiger partial charge in [0, 0.05) is 6.20 Å². The van der Waals surface area contributed by atoms with E-state index in [1.807, 2.05) is 0 Å². The van der Waals surface area contributed by atoms with Crippen molar-refractivity contribution in [1.82, 2.24) is 4.98 Å². The molecule has 6 nitrogen and oxygen atoms in total. The summed E-state index contributed by atoms with van der Waals surface area (Å²) in [6.45, 7) is -0.0909. The fourth-order valence-corrected chi connectivity index (χ4v) is 1.09. The number of carboxylic acid groups (broad SMARTS) is 1.